The zero-order valence-electron chi connectivity index (χ0n) is 11.6. The molecule has 106 valence electrons. The largest absolute Gasteiger partial charge is 0.483 e. The number of carbonyl (C=O) groups excluding carboxylic acids is 1. The van der Waals surface area contributed by atoms with E-state index in [0.29, 0.717) is 12.3 Å². The van der Waals surface area contributed by atoms with Gasteiger partial charge in [0.2, 0.25) is 0 Å². The molecule has 5 heteroatoms. The Morgan fingerprint density at radius 3 is 2.84 bits per heavy atom. The predicted molar refractivity (Wildman–Crippen MR) is 72.7 cm³/mol. The number of rotatable bonds is 7. The van der Waals surface area contributed by atoms with E-state index >= 15 is 0 Å². The van der Waals surface area contributed by atoms with Crippen molar-refractivity contribution in [2.45, 2.75) is 26.3 Å². The van der Waals surface area contributed by atoms with E-state index in [1.54, 1.807) is 6.07 Å². The second-order valence-corrected chi connectivity index (χ2v) is 4.33. The monoisotopic (exact) mass is 268 g/mol. The number of halogens is 1. The molecule has 0 saturated carbocycles. The van der Waals surface area contributed by atoms with Gasteiger partial charge in [-0.2, -0.15) is 0 Å². The van der Waals surface area contributed by atoms with Gasteiger partial charge in [-0.15, -0.1) is 0 Å². The molecule has 0 radical (unpaired) electrons. The summed E-state index contributed by atoms with van der Waals surface area (Å²) >= 11 is 0. The Kier molecular flexibility index (Phi) is 6.29. The van der Waals surface area contributed by atoms with Gasteiger partial charge in [-0.3, -0.25) is 4.79 Å². The van der Waals surface area contributed by atoms with E-state index in [-0.39, 0.29) is 24.4 Å². The van der Waals surface area contributed by atoms with Crippen molar-refractivity contribution in [1.29, 1.82) is 0 Å². The molecular formula is C14H21FN2O2. The van der Waals surface area contributed by atoms with Gasteiger partial charge in [-0.1, -0.05) is 13.0 Å². The first-order valence-corrected chi connectivity index (χ1v) is 6.44. The molecule has 1 unspecified atom stereocenters. The third-order valence-corrected chi connectivity index (χ3v) is 2.81. The molecule has 19 heavy (non-hydrogen) atoms. The first-order valence-electron chi connectivity index (χ1n) is 6.44. The fraction of sp³-hybridized carbons (Fsp3) is 0.500. The Morgan fingerprint density at radius 2 is 2.21 bits per heavy atom. The molecule has 2 N–H and O–H groups in total. The molecule has 0 aliphatic heterocycles. The van der Waals surface area contributed by atoms with Gasteiger partial charge in [0.25, 0.3) is 5.91 Å². The van der Waals surface area contributed by atoms with Crippen LogP contribution in [-0.4, -0.2) is 26.1 Å². The van der Waals surface area contributed by atoms with Crippen molar-refractivity contribution in [3.63, 3.8) is 0 Å². The van der Waals surface area contributed by atoms with Crippen LogP contribution in [0.25, 0.3) is 0 Å². The maximum Gasteiger partial charge on any atom is 0.257 e. The molecule has 1 amide bonds. The lowest BCUT2D eigenvalue weighted by Crippen LogP contribution is -2.29. The van der Waals surface area contributed by atoms with Crippen LogP contribution in [0.2, 0.25) is 0 Å². The van der Waals surface area contributed by atoms with Gasteiger partial charge in [-0.25, -0.2) is 4.39 Å². The lowest BCUT2D eigenvalue weighted by molar-refractivity contribution is -0.123. The zero-order chi connectivity index (χ0) is 14.3. The summed E-state index contributed by atoms with van der Waals surface area (Å²) in [6.07, 6.45) is 0.869. The van der Waals surface area contributed by atoms with Gasteiger partial charge in [0.15, 0.2) is 6.61 Å². The van der Waals surface area contributed by atoms with Crippen LogP contribution < -0.4 is 15.4 Å². The van der Waals surface area contributed by atoms with Gasteiger partial charge in [0, 0.05) is 24.2 Å². The van der Waals surface area contributed by atoms with E-state index in [1.807, 2.05) is 20.9 Å². The summed E-state index contributed by atoms with van der Waals surface area (Å²) in [4.78, 5) is 11.5. The van der Waals surface area contributed by atoms with Crippen LogP contribution in [0.3, 0.4) is 0 Å². The highest BCUT2D eigenvalue weighted by atomic mass is 19.1. The number of hydrogen-bond acceptors (Lipinski definition) is 3. The van der Waals surface area contributed by atoms with Gasteiger partial charge in [0.1, 0.15) is 11.6 Å². The zero-order valence-corrected chi connectivity index (χ0v) is 11.6. The summed E-state index contributed by atoms with van der Waals surface area (Å²) in [5.41, 5.74) is 0.826. The molecule has 1 aromatic carbocycles. The van der Waals surface area contributed by atoms with Crippen molar-refractivity contribution in [1.82, 2.24) is 10.6 Å². The van der Waals surface area contributed by atoms with Crippen molar-refractivity contribution in [2.75, 3.05) is 20.2 Å². The second-order valence-electron chi connectivity index (χ2n) is 4.33. The van der Waals surface area contributed by atoms with Crippen LogP contribution in [0.1, 0.15) is 31.9 Å². The van der Waals surface area contributed by atoms with Crippen molar-refractivity contribution in [3.05, 3.63) is 29.6 Å². The average Bonchev–Trinajstić information content (AvgIpc) is 2.42. The Labute approximate surface area is 113 Å². The molecular weight excluding hydrogens is 247 g/mol. The second kappa shape index (κ2) is 7.74. The normalized spacial score (nSPS) is 12.0. The van der Waals surface area contributed by atoms with Crippen LogP contribution in [-0.2, 0) is 4.79 Å². The lowest BCUT2D eigenvalue weighted by atomic mass is 10.1. The van der Waals surface area contributed by atoms with E-state index in [1.165, 1.54) is 12.1 Å². The van der Waals surface area contributed by atoms with Gasteiger partial charge in [0.05, 0.1) is 0 Å². The highest BCUT2D eigenvalue weighted by Gasteiger charge is 2.12. The third-order valence-electron chi connectivity index (χ3n) is 2.81. The molecule has 0 aliphatic rings. The lowest BCUT2D eigenvalue weighted by Gasteiger charge is -2.16. The summed E-state index contributed by atoms with van der Waals surface area (Å²) in [5.74, 6) is -0.182. The molecule has 0 spiro atoms. The quantitative estimate of drug-likeness (QED) is 0.795. The Hall–Kier alpha value is -1.62. The molecule has 0 aliphatic carbocycles. The number of carbonyl (C=O) groups is 1. The smallest absolute Gasteiger partial charge is 0.257 e. The fourth-order valence-corrected chi connectivity index (χ4v) is 1.61. The van der Waals surface area contributed by atoms with E-state index in [2.05, 4.69) is 10.6 Å². The molecule has 0 fully saturated rings. The minimum Gasteiger partial charge on any atom is -0.483 e. The number of amides is 1. The topological polar surface area (TPSA) is 50.4 Å². The van der Waals surface area contributed by atoms with Crippen LogP contribution in [0.5, 0.6) is 5.75 Å². The molecule has 1 rings (SSSR count). The standard InChI is InChI=1S/C14H21FN2O2/c1-4-7-17-14(18)9-19-13-8-11(15)5-6-12(13)10(2)16-3/h5-6,8,10,16H,4,7,9H2,1-3H3,(H,17,18). The molecule has 0 saturated heterocycles. The van der Waals surface area contributed by atoms with Crippen LogP contribution in [0.4, 0.5) is 4.39 Å². The van der Waals surface area contributed by atoms with Crippen molar-refractivity contribution >= 4 is 5.91 Å². The Balaban J connectivity index is 2.70. The maximum atomic E-state index is 13.2. The van der Waals surface area contributed by atoms with E-state index in [9.17, 15) is 9.18 Å². The summed E-state index contributed by atoms with van der Waals surface area (Å²) in [7, 11) is 1.81. The maximum absolute atomic E-state index is 13.2. The van der Waals surface area contributed by atoms with E-state index < -0.39 is 0 Å². The Bertz CT molecular complexity index is 424. The van der Waals surface area contributed by atoms with Crippen LogP contribution >= 0.6 is 0 Å². The predicted octanol–water partition coefficient (Wildman–Crippen LogP) is 2.01. The van der Waals surface area contributed by atoms with E-state index in [0.717, 1.165) is 12.0 Å². The number of benzene rings is 1. The number of ether oxygens (including phenoxy) is 1. The van der Waals surface area contributed by atoms with Crippen molar-refractivity contribution < 1.29 is 13.9 Å². The minimum atomic E-state index is -0.379. The van der Waals surface area contributed by atoms with Crippen molar-refractivity contribution in [2.24, 2.45) is 0 Å². The molecule has 0 bridgehead atoms. The molecule has 1 atom stereocenters. The molecule has 0 heterocycles. The molecule has 1 aromatic rings. The molecule has 4 nitrogen and oxygen atoms in total. The third kappa shape index (κ3) is 4.87. The minimum absolute atomic E-state index is 0.0225. The average molecular weight is 268 g/mol. The Morgan fingerprint density at radius 1 is 1.47 bits per heavy atom. The fourth-order valence-electron chi connectivity index (χ4n) is 1.61. The first-order chi connectivity index (χ1) is 9.08. The van der Waals surface area contributed by atoms with E-state index in [4.69, 9.17) is 4.74 Å². The summed E-state index contributed by atoms with van der Waals surface area (Å²) in [5, 5.41) is 5.77. The van der Waals surface area contributed by atoms with Gasteiger partial charge in [-0.05, 0) is 26.5 Å². The van der Waals surface area contributed by atoms with Crippen molar-refractivity contribution in [3.8, 4) is 5.75 Å². The number of nitrogens with one attached hydrogen (secondary N) is 2. The number of hydrogen-bond donors (Lipinski definition) is 2. The first kappa shape index (κ1) is 15.4. The SMILES string of the molecule is CCCNC(=O)COc1cc(F)ccc1C(C)NC. The highest BCUT2D eigenvalue weighted by molar-refractivity contribution is 5.77. The van der Waals surface area contributed by atoms with Gasteiger partial charge < -0.3 is 15.4 Å². The summed E-state index contributed by atoms with van der Waals surface area (Å²) in [6, 6.07) is 4.37. The molecule has 0 aromatic heterocycles. The van der Waals surface area contributed by atoms with Gasteiger partial charge >= 0.3 is 0 Å². The van der Waals surface area contributed by atoms with Crippen LogP contribution in [0.15, 0.2) is 18.2 Å². The highest BCUT2D eigenvalue weighted by Crippen LogP contribution is 2.25. The summed E-state index contributed by atoms with van der Waals surface area (Å²) < 4.78 is 18.6. The summed E-state index contributed by atoms with van der Waals surface area (Å²) in [6.45, 7) is 4.43. The van der Waals surface area contributed by atoms with Crippen LogP contribution in [0, 0.1) is 5.82 Å².